The monoisotopic (exact) mass is 356 g/mol. The normalized spacial score (nSPS) is 15.5. The van der Waals surface area contributed by atoms with E-state index in [2.05, 4.69) is 15.1 Å². The summed E-state index contributed by atoms with van der Waals surface area (Å²) in [5, 5.41) is 8.03. The number of benzene rings is 1. The third-order valence-corrected chi connectivity index (χ3v) is 4.27. The second-order valence-electron chi connectivity index (χ2n) is 6.06. The van der Waals surface area contributed by atoms with E-state index in [4.69, 9.17) is 9.47 Å². The van der Waals surface area contributed by atoms with Gasteiger partial charge in [-0.25, -0.2) is 0 Å². The first-order valence-corrected chi connectivity index (χ1v) is 8.88. The molecule has 2 aromatic rings. The standard InChI is InChI=1S/C19H24N4O3/c1-3-25-16-6-8-17(9-7-16)26-15(2)19(24)23-13-11-22(12-14-23)18-5-4-10-20-21-18/h4-10,15H,3,11-14H2,1-2H3. The van der Waals surface area contributed by atoms with E-state index in [9.17, 15) is 4.79 Å². The van der Waals surface area contributed by atoms with E-state index in [-0.39, 0.29) is 5.91 Å². The number of aromatic nitrogens is 2. The van der Waals surface area contributed by atoms with E-state index < -0.39 is 6.10 Å². The van der Waals surface area contributed by atoms with Gasteiger partial charge in [0.15, 0.2) is 11.9 Å². The van der Waals surface area contributed by atoms with Crippen LogP contribution in [0.4, 0.5) is 5.82 Å². The van der Waals surface area contributed by atoms with Crippen LogP contribution in [0.5, 0.6) is 11.5 Å². The van der Waals surface area contributed by atoms with Gasteiger partial charge >= 0.3 is 0 Å². The molecule has 1 saturated heterocycles. The molecule has 7 heteroatoms. The van der Waals surface area contributed by atoms with E-state index in [1.807, 2.05) is 48.2 Å². The molecule has 0 N–H and O–H groups in total. The van der Waals surface area contributed by atoms with Gasteiger partial charge in [0.05, 0.1) is 6.61 Å². The third-order valence-electron chi connectivity index (χ3n) is 4.27. The van der Waals surface area contributed by atoms with Crippen molar-refractivity contribution in [2.75, 3.05) is 37.7 Å². The lowest BCUT2D eigenvalue weighted by molar-refractivity contribution is -0.138. The number of amides is 1. The van der Waals surface area contributed by atoms with Gasteiger partial charge in [0.25, 0.3) is 5.91 Å². The summed E-state index contributed by atoms with van der Waals surface area (Å²) >= 11 is 0. The highest BCUT2D eigenvalue weighted by molar-refractivity contribution is 5.81. The molecule has 138 valence electrons. The Morgan fingerprint density at radius 3 is 2.42 bits per heavy atom. The highest BCUT2D eigenvalue weighted by Crippen LogP contribution is 2.19. The molecule has 0 spiro atoms. The van der Waals surface area contributed by atoms with Crippen molar-refractivity contribution < 1.29 is 14.3 Å². The largest absolute Gasteiger partial charge is 0.494 e. The van der Waals surface area contributed by atoms with E-state index in [1.54, 1.807) is 13.1 Å². The molecular weight excluding hydrogens is 332 g/mol. The van der Waals surface area contributed by atoms with Gasteiger partial charge in [-0.2, -0.15) is 5.10 Å². The molecule has 1 aromatic heterocycles. The molecule has 3 rings (SSSR count). The average molecular weight is 356 g/mol. The fourth-order valence-corrected chi connectivity index (χ4v) is 2.91. The maximum absolute atomic E-state index is 12.6. The molecule has 0 radical (unpaired) electrons. The zero-order valence-corrected chi connectivity index (χ0v) is 15.2. The van der Waals surface area contributed by atoms with Crippen molar-refractivity contribution in [3.63, 3.8) is 0 Å². The SMILES string of the molecule is CCOc1ccc(OC(C)C(=O)N2CCN(c3cccnn3)CC2)cc1. The van der Waals surface area contributed by atoms with Crippen molar-refractivity contribution in [1.82, 2.24) is 15.1 Å². The number of rotatable bonds is 6. The average Bonchev–Trinajstić information content (AvgIpc) is 2.70. The van der Waals surface area contributed by atoms with E-state index in [1.165, 1.54) is 0 Å². The number of carbonyl (C=O) groups excluding carboxylic acids is 1. The molecule has 1 atom stereocenters. The lowest BCUT2D eigenvalue weighted by Crippen LogP contribution is -2.52. The fourth-order valence-electron chi connectivity index (χ4n) is 2.91. The zero-order chi connectivity index (χ0) is 18.4. The highest BCUT2D eigenvalue weighted by Gasteiger charge is 2.26. The number of hydrogen-bond donors (Lipinski definition) is 0. The molecule has 2 heterocycles. The Bertz CT molecular complexity index is 700. The Labute approximate surface area is 153 Å². The van der Waals surface area contributed by atoms with Gasteiger partial charge in [-0.3, -0.25) is 4.79 Å². The number of hydrogen-bond acceptors (Lipinski definition) is 6. The Kier molecular flexibility index (Phi) is 5.88. The fraction of sp³-hybridized carbons (Fsp3) is 0.421. The van der Waals surface area contributed by atoms with Crippen LogP contribution in [-0.2, 0) is 4.79 Å². The summed E-state index contributed by atoms with van der Waals surface area (Å²) in [4.78, 5) is 16.6. The van der Waals surface area contributed by atoms with E-state index in [0.29, 0.717) is 25.4 Å². The molecular formula is C19H24N4O3. The second kappa shape index (κ2) is 8.51. The Hall–Kier alpha value is -2.83. The van der Waals surface area contributed by atoms with Crippen LogP contribution >= 0.6 is 0 Å². The molecule has 0 bridgehead atoms. The number of nitrogens with zero attached hydrogens (tertiary/aromatic N) is 4. The van der Waals surface area contributed by atoms with Gasteiger partial charge in [0.1, 0.15) is 11.5 Å². The number of ether oxygens (including phenoxy) is 2. The first-order valence-electron chi connectivity index (χ1n) is 8.88. The van der Waals surface area contributed by atoms with Crippen LogP contribution in [0.1, 0.15) is 13.8 Å². The molecule has 7 nitrogen and oxygen atoms in total. The summed E-state index contributed by atoms with van der Waals surface area (Å²) in [6.45, 7) is 7.11. The van der Waals surface area contributed by atoms with Crippen molar-refractivity contribution in [3.8, 4) is 11.5 Å². The molecule has 1 unspecified atom stereocenters. The maximum atomic E-state index is 12.6. The predicted octanol–water partition coefficient (Wildman–Crippen LogP) is 1.99. The predicted molar refractivity (Wildman–Crippen MR) is 98.5 cm³/mol. The molecule has 26 heavy (non-hydrogen) atoms. The molecule has 1 aliphatic heterocycles. The van der Waals surface area contributed by atoms with Crippen LogP contribution in [0.15, 0.2) is 42.6 Å². The van der Waals surface area contributed by atoms with Crippen molar-refractivity contribution in [3.05, 3.63) is 42.6 Å². The van der Waals surface area contributed by atoms with Gasteiger partial charge in [-0.1, -0.05) is 0 Å². The second-order valence-corrected chi connectivity index (χ2v) is 6.06. The lowest BCUT2D eigenvalue weighted by atomic mass is 10.2. The summed E-state index contributed by atoms with van der Waals surface area (Å²) in [7, 11) is 0. The molecule has 0 saturated carbocycles. The molecule has 1 aliphatic rings. The molecule has 1 aromatic carbocycles. The molecule has 1 amide bonds. The van der Waals surface area contributed by atoms with Gasteiger partial charge in [-0.05, 0) is 50.2 Å². The number of anilines is 1. The lowest BCUT2D eigenvalue weighted by Gasteiger charge is -2.36. The van der Waals surface area contributed by atoms with Crippen molar-refractivity contribution in [2.24, 2.45) is 0 Å². The number of piperazine rings is 1. The summed E-state index contributed by atoms with van der Waals surface area (Å²) in [6.07, 6.45) is 1.12. The van der Waals surface area contributed by atoms with Crippen LogP contribution < -0.4 is 14.4 Å². The Balaban J connectivity index is 1.51. The minimum Gasteiger partial charge on any atom is -0.494 e. The van der Waals surface area contributed by atoms with Crippen LogP contribution in [0.2, 0.25) is 0 Å². The van der Waals surface area contributed by atoms with Crippen LogP contribution in [-0.4, -0.2) is 59.9 Å². The van der Waals surface area contributed by atoms with Gasteiger partial charge in [0.2, 0.25) is 0 Å². The first kappa shape index (κ1) is 18.0. The Morgan fingerprint density at radius 2 is 1.81 bits per heavy atom. The van der Waals surface area contributed by atoms with E-state index in [0.717, 1.165) is 24.7 Å². The van der Waals surface area contributed by atoms with Crippen LogP contribution in [0, 0.1) is 0 Å². The number of carbonyl (C=O) groups is 1. The zero-order valence-electron chi connectivity index (χ0n) is 15.2. The van der Waals surface area contributed by atoms with Gasteiger partial charge < -0.3 is 19.3 Å². The van der Waals surface area contributed by atoms with Crippen molar-refractivity contribution in [1.29, 1.82) is 0 Å². The summed E-state index contributed by atoms with van der Waals surface area (Å²) < 4.78 is 11.2. The van der Waals surface area contributed by atoms with Gasteiger partial charge in [0, 0.05) is 32.4 Å². The third kappa shape index (κ3) is 4.41. The minimum absolute atomic E-state index is 0.00215. The first-order chi connectivity index (χ1) is 12.7. The summed E-state index contributed by atoms with van der Waals surface area (Å²) in [5.74, 6) is 2.29. The molecule has 0 aliphatic carbocycles. The van der Waals surface area contributed by atoms with Crippen molar-refractivity contribution in [2.45, 2.75) is 20.0 Å². The van der Waals surface area contributed by atoms with Crippen LogP contribution in [0.25, 0.3) is 0 Å². The van der Waals surface area contributed by atoms with Gasteiger partial charge in [-0.15, -0.1) is 5.10 Å². The summed E-state index contributed by atoms with van der Waals surface area (Å²) in [6, 6.07) is 11.1. The topological polar surface area (TPSA) is 67.8 Å². The maximum Gasteiger partial charge on any atom is 0.263 e. The van der Waals surface area contributed by atoms with E-state index >= 15 is 0 Å². The summed E-state index contributed by atoms with van der Waals surface area (Å²) in [5.41, 5.74) is 0. The molecule has 1 fully saturated rings. The quantitative estimate of drug-likeness (QED) is 0.789. The minimum atomic E-state index is -0.531. The van der Waals surface area contributed by atoms with Crippen molar-refractivity contribution >= 4 is 11.7 Å². The Morgan fingerprint density at radius 1 is 1.12 bits per heavy atom. The highest BCUT2D eigenvalue weighted by atomic mass is 16.5. The van der Waals surface area contributed by atoms with Crippen LogP contribution in [0.3, 0.4) is 0 Å². The smallest absolute Gasteiger partial charge is 0.263 e.